The van der Waals surface area contributed by atoms with Gasteiger partial charge in [-0.05, 0) is 18.8 Å². The molecule has 0 saturated heterocycles. The van der Waals surface area contributed by atoms with Crippen LogP contribution >= 0.6 is 0 Å². The van der Waals surface area contributed by atoms with Crippen molar-refractivity contribution in [1.82, 2.24) is 9.78 Å². The molecule has 0 saturated carbocycles. The molecule has 1 atom stereocenters. The fourth-order valence-corrected chi connectivity index (χ4v) is 2.15. The van der Waals surface area contributed by atoms with Crippen molar-refractivity contribution in [2.75, 3.05) is 11.9 Å². The van der Waals surface area contributed by atoms with Gasteiger partial charge in [0.25, 0.3) is 0 Å². The second-order valence-corrected chi connectivity index (χ2v) is 5.22. The molecule has 1 unspecified atom stereocenters. The first-order valence-electron chi connectivity index (χ1n) is 5.28. The van der Waals surface area contributed by atoms with E-state index in [9.17, 15) is 0 Å². The number of nitrogens with zero attached hydrogens (tertiary/aromatic N) is 2. The van der Waals surface area contributed by atoms with Crippen LogP contribution < -0.4 is 5.32 Å². The summed E-state index contributed by atoms with van der Waals surface area (Å²) in [6.45, 7) is 10.0. The second-order valence-electron chi connectivity index (χ2n) is 5.22. The monoisotopic (exact) mass is 193 g/mol. The lowest BCUT2D eigenvalue weighted by Gasteiger charge is -2.35. The highest BCUT2D eigenvalue weighted by atomic mass is 15.4. The zero-order chi connectivity index (χ0) is 10.3. The van der Waals surface area contributed by atoms with E-state index in [1.54, 1.807) is 0 Å². The minimum atomic E-state index is 0.287. The number of rotatable bonds is 0. The van der Waals surface area contributed by atoms with Crippen molar-refractivity contribution in [1.29, 1.82) is 0 Å². The van der Waals surface area contributed by atoms with Gasteiger partial charge < -0.3 is 5.32 Å². The predicted octanol–water partition coefficient (Wildman–Crippen LogP) is 2.59. The number of anilines is 1. The Kier molecular flexibility index (Phi) is 2.05. The SMILES string of the molecule is Cc1cnn2c1NCCC2C(C)(C)C. The van der Waals surface area contributed by atoms with Gasteiger partial charge in [-0.3, -0.25) is 0 Å². The molecule has 0 aromatic carbocycles. The molecule has 1 aliphatic heterocycles. The Balaban J connectivity index is 2.41. The van der Waals surface area contributed by atoms with Crippen molar-refractivity contribution < 1.29 is 0 Å². The zero-order valence-electron chi connectivity index (χ0n) is 9.46. The van der Waals surface area contributed by atoms with Crippen molar-refractivity contribution in [2.45, 2.75) is 40.2 Å². The van der Waals surface area contributed by atoms with E-state index in [0.29, 0.717) is 6.04 Å². The van der Waals surface area contributed by atoms with Crippen molar-refractivity contribution >= 4 is 5.82 Å². The van der Waals surface area contributed by atoms with Gasteiger partial charge in [0.1, 0.15) is 5.82 Å². The van der Waals surface area contributed by atoms with E-state index in [-0.39, 0.29) is 5.41 Å². The number of hydrogen-bond donors (Lipinski definition) is 1. The van der Waals surface area contributed by atoms with E-state index in [0.717, 1.165) is 13.0 Å². The summed E-state index contributed by atoms with van der Waals surface area (Å²) in [5, 5.41) is 7.87. The summed E-state index contributed by atoms with van der Waals surface area (Å²) in [6.07, 6.45) is 3.12. The largest absolute Gasteiger partial charge is 0.370 e. The van der Waals surface area contributed by atoms with Crippen molar-refractivity contribution in [3.8, 4) is 0 Å². The van der Waals surface area contributed by atoms with Gasteiger partial charge in [0.05, 0.1) is 12.2 Å². The van der Waals surface area contributed by atoms with Crippen molar-refractivity contribution in [3.05, 3.63) is 11.8 Å². The summed E-state index contributed by atoms with van der Waals surface area (Å²) < 4.78 is 2.15. The zero-order valence-corrected chi connectivity index (χ0v) is 9.46. The fraction of sp³-hybridized carbons (Fsp3) is 0.727. The van der Waals surface area contributed by atoms with Crippen LogP contribution in [0.1, 0.15) is 38.8 Å². The molecule has 2 heterocycles. The van der Waals surface area contributed by atoms with Gasteiger partial charge in [0.2, 0.25) is 0 Å². The summed E-state index contributed by atoms with van der Waals surface area (Å²) in [7, 11) is 0. The van der Waals surface area contributed by atoms with Gasteiger partial charge in [0, 0.05) is 12.1 Å². The highest BCUT2D eigenvalue weighted by Gasteiger charge is 2.31. The molecule has 1 N–H and O–H groups in total. The third-order valence-electron chi connectivity index (χ3n) is 2.98. The van der Waals surface area contributed by atoms with E-state index >= 15 is 0 Å². The van der Waals surface area contributed by atoms with E-state index in [1.165, 1.54) is 11.4 Å². The summed E-state index contributed by atoms with van der Waals surface area (Å²) in [6, 6.07) is 0.521. The molecule has 0 fully saturated rings. The van der Waals surface area contributed by atoms with Gasteiger partial charge in [-0.2, -0.15) is 5.10 Å². The Morgan fingerprint density at radius 3 is 2.86 bits per heavy atom. The number of fused-ring (bicyclic) bond motifs is 1. The number of aromatic nitrogens is 2. The topological polar surface area (TPSA) is 29.9 Å². The fourth-order valence-electron chi connectivity index (χ4n) is 2.15. The summed E-state index contributed by atoms with van der Waals surface area (Å²) >= 11 is 0. The number of hydrogen-bond acceptors (Lipinski definition) is 2. The molecule has 3 heteroatoms. The van der Waals surface area contributed by atoms with Gasteiger partial charge in [0.15, 0.2) is 0 Å². The highest BCUT2D eigenvalue weighted by molar-refractivity contribution is 5.44. The van der Waals surface area contributed by atoms with Crippen molar-refractivity contribution in [3.63, 3.8) is 0 Å². The number of nitrogens with one attached hydrogen (secondary N) is 1. The molecule has 0 spiro atoms. The smallest absolute Gasteiger partial charge is 0.127 e. The van der Waals surface area contributed by atoms with Crippen molar-refractivity contribution in [2.24, 2.45) is 5.41 Å². The molecular weight excluding hydrogens is 174 g/mol. The maximum absolute atomic E-state index is 4.46. The Labute approximate surface area is 85.5 Å². The minimum absolute atomic E-state index is 0.287. The highest BCUT2D eigenvalue weighted by Crippen LogP contribution is 2.38. The molecule has 14 heavy (non-hydrogen) atoms. The van der Waals surface area contributed by atoms with Gasteiger partial charge in [-0.1, -0.05) is 20.8 Å². The van der Waals surface area contributed by atoms with Crippen LogP contribution in [0.5, 0.6) is 0 Å². The Bertz CT molecular complexity index is 333. The van der Waals surface area contributed by atoms with Crippen LogP contribution in [0, 0.1) is 12.3 Å². The molecule has 0 aliphatic carbocycles. The minimum Gasteiger partial charge on any atom is -0.370 e. The van der Waals surface area contributed by atoms with E-state index in [2.05, 4.69) is 42.8 Å². The van der Waals surface area contributed by atoms with Crippen LogP contribution in [-0.2, 0) is 0 Å². The first kappa shape index (κ1) is 9.56. The Morgan fingerprint density at radius 2 is 2.21 bits per heavy atom. The van der Waals surface area contributed by atoms with Crippen LogP contribution in [-0.4, -0.2) is 16.3 Å². The molecular formula is C11H19N3. The van der Waals surface area contributed by atoms with Crippen LogP contribution in [0.25, 0.3) is 0 Å². The third kappa shape index (κ3) is 1.41. The molecule has 0 amide bonds. The van der Waals surface area contributed by atoms with E-state index < -0.39 is 0 Å². The average Bonchev–Trinajstić information content (AvgIpc) is 2.46. The average molecular weight is 193 g/mol. The molecule has 1 aromatic rings. The predicted molar refractivity (Wildman–Crippen MR) is 58.6 cm³/mol. The van der Waals surface area contributed by atoms with E-state index in [4.69, 9.17) is 0 Å². The molecule has 78 valence electrons. The molecule has 1 aliphatic rings. The van der Waals surface area contributed by atoms with Gasteiger partial charge in [-0.15, -0.1) is 0 Å². The summed E-state index contributed by atoms with van der Waals surface area (Å²) in [5.41, 5.74) is 1.54. The molecule has 2 rings (SSSR count). The molecule has 0 radical (unpaired) electrons. The van der Waals surface area contributed by atoms with Crippen LogP contribution in [0.4, 0.5) is 5.82 Å². The van der Waals surface area contributed by atoms with Crippen LogP contribution in [0.2, 0.25) is 0 Å². The first-order valence-corrected chi connectivity index (χ1v) is 5.28. The summed E-state index contributed by atoms with van der Waals surface area (Å²) in [4.78, 5) is 0. The van der Waals surface area contributed by atoms with Crippen LogP contribution in [0.3, 0.4) is 0 Å². The maximum atomic E-state index is 4.46. The maximum Gasteiger partial charge on any atom is 0.127 e. The van der Waals surface area contributed by atoms with Gasteiger partial charge >= 0.3 is 0 Å². The normalized spacial score (nSPS) is 21.6. The molecule has 0 bridgehead atoms. The Hall–Kier alpha value is -0.990. The van der Waals surface area contributed by atoms with E-state index in [1.807, 2.05) is 6.20 Å². The summed E-state index contributed by atoms with van der Waals surface area (Å²) in [5.74, 6) is 1.20. The third-order valence-corrected chi connectivity index (χ3v) is 2.98. The second kappa shape index (κ2) is 3.01. The molecule has 3 nitrogen and oxygen atoms in total. The number of aryl methyl sites for hydroxylation is 1. The standard InChI is InChI=1S/C11H19N3/c1-8-7-13-14-9(11(2,3)4)5-6-12-10(8)14/h7,9,12H,5-6H2,1-4H3. The van der Waals surface area contributed by atoms with Gasteiger partial charge in [-0.25, -0.2) is 4.68 Å². The lowest BCUT2D eigenvalue weighted by atomic mass is 9.84. The molecule has 1 aromatic heterocycles. The lowest BCUT2D eigenvalue weighted by Crippen LogP contribution is -2.32. The first-order chi connectivity index (χ1) is 6.50. The Morgan fingerprint density at radius 1 is 1.50 bits per heavy atom. The lowest BCUT2D eigenvalue weighted by molar-refractivity contribution is 0.210. The quantitative estimate of drug-likeness (QED) is 0.686. The van der Waals surface area contributed by atoms with Crippen LogP contribution in [0.15, 0.2) is 6.20 Å².